The monoisotopic (exact) mass is 1490 g/mol. The molecular formula is C113H25N3O4. The second-order valence-corrected chi connectivity index (χ2v) is 17.7. The van der Waals surface area contributed by atoms with Gasteiger partial charge in [0.1, 0.15) is 5.78 Å². The second-order valence-electron chi connectivity index (χ2n) is 17.7. The number of carbonyl (C=O) groups excluding carboxylic acids is 4. The maximum absolute atomic E-state index is 12.5. The molecule has 1 aliphatic heterocycles. The van der Waals surface area contributed by atoms with Gasteiger partial charge in [-0.3, -0.25) is 24.1 Å². The van der Waals surface area contributed by atoms with E-state index in [4.69, 9.17) is 12.8 Å². The molecule has 0 aliphatic carbocycles. The minimum atomic E-state index is -0.499. The van der Waals surface area contributed by atoms with Gasteiger partial charge in [0.25, 0.3) is 11.8 Å². The van der Waals surface area contributed by atoms with Crippen molar-refractivity contribution in [3.8, 4) is 558 Å². The first kappa shape index (κ1) is 94.5. The number of likely N-dealkylation sites (N-methyl/N-ethyl adjacent to an activating group) is 1. The van der Waals surface area contributed by atoms with Crippen LogP contribution < -0.4 is 10.6 Å². The number of nitrogens with zero attached hydrogens (tertiary/aromatic N) is 1. The summed E-state index contributed by atoms with van der Waals surface area (Å²) in [4.78, 5) is 48.6. The van der Waals surface area contributed by atoms with E-state index < -0.39 is 5.92 Å². The van der Waals surface area contributed by atoms with Crippen LogP contribution >= 0.6 is 0 Å². The number of benzene rings is 1. The van der Waals surface area contributed by atoms with Gasteiger partial charge in [-0.1, -0.05) is 30.3 Å². The Hall–Kier alpha value is -23.5. The van der Waals surface area contributed by atoms with Crippen molar-refractivity contribution < 1.29 is 19.2 Å². The summed E-state index contributed by atoms with van der Waals surface area (Å²) in [6, 6.07) is 9.49. The van der Waals surface area contributed by atoms with Crippen LogP contribution in [-0.4, -0.2) is 55.1 Å². The molecule has 1 aliphatic rings. The topological polar surface area (TPSA) is 95.6 Å². The van der Waals surface area contributed by atoms with E-state index in [0.29, 0.717) is 6.42 Å². The van der Waals surface area contributed by atoms with E-state index in [0.717, 1.165) is 10.5 Å². The molecule has 7 heteroatoms. The molecule has 1 heterocycles. The highest BCUT2D eigenvalue weighted by atomic mass is 16.2. The molecule has 0 bridgehead atoms. The average Bonchev–Trinajstić information content (AvgIpc) is 1.63. The summed E-state index contributed by atoms with van der Waals surface area (Å²) < 4.78 is 0. The van der Waals surface area contributed by atoms with Crippen LogP contribution in [0.5, 0.6) is 0 Å². The molecule has 0 radical (unpaired) electrons. The predicted octanol–water partition coefficient (Wildman–Crippen LogP) is 0.471. The number of hydrogen-bond acceptors (Lipinski definition) is 5. The van der Waals surface area contributed by atoms with Gasteiger partial charge in [-0.25, -0.2) is 0 Å². The summed E-state index contributed by atoms with van der Waals surface area (Å²) in [5.74, 6) is 227. The highest BCUT2D eigenvalue weighted by Gasteiger charge is 2.25. The van der Waals surface area contributed by atoms with Gasteiger partial charge in [0.15, 0.2) is 0 Å². The summed E-state index contributed by atoms with van der Waals surface area (Å²) in [5.41, 5.74) is 0.971. The average molecular weight is 1490 g/mol. The lowest BCUT2D eigenvalue weighted by molar-refractivity contribution is -0.137. The van der Waals surface area contributed by atoms with E-state index >= 15 is 0 Å². The molecule has 2 N–H and O–H groups in total. The highest BCUT2D eigenvalue weighted by Crippen LogP contribution is 2.14. The fourth-order valence-corrected chi connectivity index (χ4v) is 5.61. The lowest BCUT2D eigenvalue weighted by atomic mass is 9.93. The van der Waals surface area contributed by atoms with Crippen molar-refractivity contribution in [1.82, 2.24) is 15.5 Å². The van der Waals surface area contributed by atoms with Crippen LogP contribution in [0.4, 0.5) is 0 Å². The largest absolute Gasteiger partial charge is 0.354 e. The van der Waals surface area contributed by atoms with E-state index in [-0.39, 0.29) is 49.6 Å². The molecule has 0 unspecified atom stereocenters. The number of imide groups is 1. The van der Waals surface area contributed by atoms with Gasteiger partial charge in [0.2, 0.25) is 5.91 Å². The number of terminal acetylenes is 2. The molecular weight excluding hydrogens is 1460 g/mol. The van der Waals surface area contributed by atoms with Crippen molar-refractivity contribution in [2.75, 3.05) is 26.7 Å². The Balaban J connectivity index is 0.00000232. The molecule has 1 atom stereocenters. The number of ketones is 1. The predicted molar refractivity (Wildman–Crippen MR) is 464 cm³/mol. The lowest BCUT2D eigenvalue weighted by Crippen LogP contribution is -2.41. The van der Waals surface area contributed by atoms with Crippen LogP contribution in [0.3, 0.4) is 0 Å². The Bertz CT molecular complexity index is 7410. The zero-order chi connectivity index (χ0) is 86.0. The Kier molecular flexibility index (Phi) is 62.7. The molecule has 2 rings (SSSR count). The van der Waals surface area contributed by atoms with E-state index in [1.807, 2.05) is 30.3 Å². The Labute approximate surface area is 704 Å². The lowest BCUT2D eigenvalue weighted by Gasteiger charge is -2.18. The summed E-state index contributed by atoms with van der Waals surface area (Å²) in [5, 5.41) is 5.53. The molecule has 0 saturated heterocycles. The third-order valence-electron chi connectivity index (χ3n) is 9.79. The second kappa shape index (κ2) is 79.6. The maximum atomic E-state index is 12.5. The van der Waals surface area contributed by atoms with Crippen LogP contribution in [-0.2, 0) is 25.6 Å². The third kappa shape index (κ3) is 68.9. The van der Waals surface area contributed by atoms with Crippen LogP contribution in [0, 0.1) is 563 Å². The minimum Gasteiger partial charge on any atom is -0.354 e. The SMILES string of the molecule is C#CC#CC#CC#CC#CC#CC#CC#CC#CC#CC#CC#CC#CC#CC#CC#CC#CC#CC#CC#CC#CC#CC#CC#CC#CC#CC#CC#CC#CC#CC#CC#CC#CC#CC#CC#CC#CC#CC#CC#CC#CC#CC#CC#CC#CC#CC#C.CNCC(=O)C[C@@H](Cc1ccccc1)C(=O)NCCN1C(=O)C=CC1=O. The number of carbonyl (C=O) groups is 4. The zero-order valence-corrected chi connectivity index (χ0v) is 61.9. The summed E-state index contributed by atoms with van der Waals surface area (Å²) in [7, 11) is 1.68. The molecule has 3 amide bonds. The Morgan fingerprint density at radius 2 is 0.442 bits per heavy atom. The van der Waals surface area contributed by atoms with Gasteiger partial charge >= 0.3 is 0 Å². The quantitative estimate of drug-likeness (QED) is 0.263. The van der Waals surface area contributed by atoms with Crippen LogP contribution in [0.1, 0.15) is 12.0 Å². The Morgan fingerprint density at radius 1 is 0.275 bits per heavy atom. The molecule has 516 valence electrons. The molecule has 0 saturated carbocycles. The summed E-state index contributed by atoms with van der Waals surface area (Å²) in [6.45, 7) is 0.476. The van der Waals surface area contributed by atoms with E-state index in [9.17, 15) is 19.2 Å². The Morgan fingerprint density at radius 3 is 0.600 bits per heavy atom. The first-order valence-corrected chi connectivity index (χ1v) is 31.9. The number of hydrogen-bond donors (Lipinski definition) is 2. The van der Waals surface area contributed by atoms with Gasteiger partial charge < -0.3 is 10.6 Å². The number of amides is 3. The number of nitrogens with one attached hydrogen (secondary N) is 2. The molecule has 0 fully saturated rings. The zero-order valence-electron chi connectivity index (χ0n) is 61.9. The van der Waals surface area contributed by atoms with Crippen molar-refractivity contribution in [2.24, 2.45) is 5.92 Å². The third-order valence-corrected chi connectivity index (χ3v) is 9.79. The van der Waals surface area contributed by atoms with E-state index in [1.54, 1.807) is 7.05 Å². The van der Waals surface area contributed by atoms with Crippen molar-refractivity contribution in [1.29, 1.82) is 0 Å². The standard InChI is InChI=1S/C94H2.C19H23N3O4/c1-3-5-7-9-11-13-15-17-19-21-23-25-27-29-31-33-35-37-39-41-43-45-47-49-51-53-55-57-59-61-63-65-67-69-71-73-75-77-79-81-83-85-87-89-91-93-94-92-90-88-86-84-82-80-78-76-74-72-70-68-66-64-62-60-58-56-54-52-50-48-46-44-42-40-38-36-34-32-30-28-26-24-22-20-18-16-14-12-10-8-6-4-2;1-20-13-16(23)12-15(11-14-5-3-2-4-6-14)19(26)21-9-10-22-17(24)7-8-18(22)25/h1-2H;2-8,15,20H,9-13H2,1H3,(H,21,26)/t;15-/m.1/s1. The van der Waals surface area contributed by atoms with Crippen molar-refractivity contribution in [3.05, 3.63) is 48.0 Å². The molecule has 7 nitrogen and oxygen atoms in total. The van der Waals surface area contributed by atoms with Gasteiger partial charge in [-0.15, -0.1) is 12.8 Å². The number of rotatable bonds is 10. The van der Waals surface area contributed by atoms with Crippen molar-refractivity contribution in [2.45, 2.75) is 12.8 Å². The van der Waals surface area contributed by atoms with Gasteiger partial charge in [0.05, 0.1) is 6.54 Å². The molecule has 120 heavy (non-hydrogen) atoms. The first-order valence-electron chi connectivity index (χ1n) is 31.9. The molecule has 1 aromatic rings. The minimum absolute atomic E-state index is 0.0438. The fraction of sp³-hybridized carbons (Fsp3) is 0.0619. The summed E-state index contributed by atoms with van der Waals surface area (Å²) >= 11 is 0. The van der Waals surface area contributed by atoms with Crippen molar-refractivity contribution in [3.63, 3.8) is 0 Å². The maximum Gasteiger partial charge on any atom is 0.253 e. The molecule has 0 aromatic heterocycles. The van der Waals surface area contributed by atoms with Crippen molar-refractivity contribution >= 4 is 23.5 Å². The van der Waals surface area contributed by atoms with Crippen LogP contribution in [0.15, 0.2) is 42.5 Å². The van der Waals surface area contributed by atoms with E-state index in [2.05, 4.69) is 555 Å². The number of Topliss-reactive ketones (excluding diaryl/α,β-unsaturated/α-hetero) is 1. The normalized spacial score (nSPS) is 6.24. The van der Waals surface area contributed by atoms with Crippen LogP contribution in [0.25, 0.3) is 0 Å². The molecule has 1 aromatic carbocycles. The highest BCUT2D eigenvalue weighted by molar-refractivity contribution is 6.13. The van der Waals surface area contributed by atoms with Gasteiger partial charge in [-0.2, -0.15) is 0 Å². The smallest absolute Gasteiger partial charge is 0.253 e. The van der Waals surface area contributed by atoms with Crippen LogP contribution in [0.2, 0.25) is 0 Å². The van der Waals surface area contributed by atoms with E-state index in [1.165, 1.54) is 12.2 Å². The summed E-state index contributed by atoms with van der Waals surface area (Å²) in [6.07, 6.45) is 12.9. The first-order chi connectivity index (χ1) is 59.4. The van der Waals surface area contributed by atoms with Gasteiger partial charge in [-0.05, 0) is 114 Å². The van der Waals surface area contributed by atoms with Gasteiger partial charge in [0, 0.05) is 488 Å². The fourth-order valence-electron chi connectivity index (χ4n) is 5.61. The molecule has 0 spiro atoms.